The van der Waals surface area contributed by atoms with Crippen LogP contribution in [0.2, 0.25) is 0 Å². The minimum atomic E-state index is 0.157. The van der Waals surface area contributed by atoms with Gasteiger partial charge in [-0.2, -0.15) is 0 Å². The molecule has 0 aromatic carbocycles. The highest BCUT2D eigenvalue weighted by atomic mass is 32.1. The molecule has 2 heterocycles. The summed E-state index contributed by atoms with van der Waals surface area (Å²) in [6, 6.07) is 2.22. The van der Waals surface area contributed by atoms with Gasteiger partial charge >= 0.3 is 0 Å². The van der Waals surface area contributed by atoms with Crippen molar-refractivity contribution in [3.63, 3.8) is 0 Å². The zero-order chi connectivity index (χ0) is 9.60. The minimum Gasteiger partial charge on any atom is -0.355 e. The number of hydrogen-bond donors (Lipinski definition) is 1. The molecule has 2 aliphatic rings. The molecule has 0 radical (unpaired) electrons. The molecule has 0 bridgehead atoms. The van der Waals surface area contributed by atoms with Crippen molar-refractivity contribution in [1.29, 1.82) is 0 Å². The molecule has 1 atom stereocenters. The Kier molecular flexibility index (Phi) is 1.71. The molecule has 1 unspecified atom stereocenters. The summed E-state index contributed by atoms with van der Waals surface area (Å²) in [5.41, 5.74) is 1.61. The lowest BCUT2D eigenvalue weighted by atomic mass is 9.72. The van der Waals surface area contributed by atoms with Crippen LogP contribution < -0.4 is 5.32 Å². The lowest BCUT2D eigenvalue weighted by molar-refractivity contribution is -0.119. The normalized spacial score (nSPS) is 30.4. The van der Waals surface area contributed by atoms with E-state index in [1.807, 2.05) is 11.3 Å². The second-order valence-electron chi connectivity index (χ2n) is 4.34. The first-order valence-electron chi connectivity index (χ1n) is 5.14. The SMILES string of the molecule is O=C1CC2(CCCc3sccc32)CN1. The Labute approximate surface area is 87.3 Å². The van der Waals surface area contributed by atoms with Crippen LogP contribution in [-0.2, 0) is 16.6 Å². The van der Waals surface area contributed by atoms with Gasteiger partial charge in [-0.15, -0.1) is 11.3 Å². The van der Waals surface area contributed by atoms with E-state index in [1.165, 1.54) is 29.7 Å². The Balaban J connectivity index is 2.07. The van der Waals surface area contributed by atoms with Crippen molar-refractivity contribution < 1.29 is 4.79 Å². The Morgan fingerprint density at radius 2 is 2.43 bits per heavy atom. The summed E-state index contributed by atoms with van der Waals surface area (Å²) in [4.78, 5) is 12.8. The van der Waals surface area contributed by atoms with Crippen molar-refractivity contribution in [3.05, 3.63) is 21.9 Å². The van der Waals surface area contributed by atoms with E-state index < -0.39 is 0 Å². The van der Waals surface area contributed by atoms with Crippen LogP contribution in [0.3, 0.4) is 0 Å². The third-order valence-electron chi connectivity index (χ3n) is 3.50. The molecule has 1 fully saturated rings. The minimum absolute atomic E-state index is 0.157. The van der Waals surface area contributed by atoms with Crippen LogP contribution in [-0.4, -0.2) is 12.5 Å². The number of carbonyl (C=O) groups excluding carboxylic acids is 1. The molecule has 1 aliphatic heterocycles. The van der Waals surface area contributed by atoms with E-state index >= 15 is 0 Å². The molecule has 1 amide bonds. The molecule has 1 aromatic rings. The van der Waals surface area contributed by atoms with E-state index in [0.717, 1.165) is 6.54 Å². The Bertz CT molecular complexity index is 384. The summed E-state index contributed by atoms with van der Waals surface area (Å²) >= 11 is 1.85. The molecule has 1 saturated heterocycles. The number of hydrogen-bond acceptors (Lipinski definition) is 2. The zero-order valence-corrected chi connectivity index (χ0v) is 8.82. The van der Waals surface area contributed by atoms with Crippen LogP contribution in [0.15, 0.2) is 11.4 Å². The average molecular weight is 207 g/mol. The van der Waals surface area contributed by atoms with Crippen LogP contribution >= 0.6 is 11.3 Å². The van der Waals surface area contributed by atoms with E-state index in [0.29, 0.717) is 6.42 Å². The van der Waals surface area contributed by atoms with Gasteiger partial charge in [0.1, 0.15) is 0 Å². The standard InChI is InChI=1S/C11H13NOS/c13-10-6-11(7-12-10)4-1-2-9-8(11)3-5-14-9/h3,5H,1-2,4,6-7H2,(H,12,13). The molecule has 1 aromatic heterocycles. The first-order chi connectivity index (χ1) is 6.80. The van der Waals surface area contributed by atoms with Crippen LogP contribution in [0.4, 0.5) is 0 Å². The molecular formula is C11H13NOS. The third-order valence-corrected chi connectivity index (χ3v) is 4.48. The van der Waals surface area contributed by atoms with Crippen molar-refractivity contribution in [2.75, 3.05) is 6.54 Å². The van der Waals surface area contributed by atoms with E-state index in [9.17, 15) is 4.79 Å². The van der Waals surface area contributed by atoms with E-state index in [1.54, 1.807) is 0 Å². The number of fused-ring (bicyclic) bond motifs is 2. The number of nitrogens with one attached hydrogen (secondary N) is 1. The van der Waals surface area contributed by atoms with Crippen LogP contribution in [0.5, 0.6) is 0 Å². The summed E-state index contributed by atoms with van der Waals surface area (Å²) in [7, 11) is 0. The lowest BCUT2D eigenvalue weighted by Crippen LogP contribution is -2.32. The maximum atomic E-state index is 11.3. The summed E-state index contributed by atoms with van der Waals surface area (Å²) in [6.07, 6.45) is 4.33. The molecule has 74 valence electrons. The van der Waals surface area contributed by atoms with Crippen LogP contribution in [0.1, 0.15) is 29.7 Å². The van der Waals surface area contributed by atoms with E-state index in [-0.39, 0.29) is 11.3 Å². The predicted molar refractivity (Wildman–Crippen MR) is 56.6 cm³/mol. The average Bonchev–Trinajstić information content (AvgIpc) is 2.75. The third kappa shape index (κ3) is 1.05. The molecule has 1 spiro atoms. The number of amides is 1. The van der Waals surface area contributed by atoms with Crippen LogP contribution in [0.25, 0.3) is 0 Å². The second kappa shape index (κ2) is 2.83. The smallest absolute Gasteiger partial charge is 0.220 e. The topological polar surface area (TPSA) is 29.1 Å². The quantitative estimate of drug-likeness (QED) is 0.691. The lowest BCUT2D eigenvalue weighted by Gasteiger charge is -2.31. The maximum absolute atomic E-state index is 11.3. The Morgan fingerprint density at radius 3 is 3.21 bits per heavy atom. The van der Waals surface area contributed by atoms with E-state index in [2.05, 4.69) is 16.8 Å². The maximum Gasteiger partial charge on any atom is 0.220 e. The summed E-state index contributed by atoms with van der Waals surface area (Å²) in [5.74, 6) is 0.226. The van der Waals surface area contributed by atoms with Gasteiger partial charge in [0.25, 0.3) is 0 Å². The van der Waals surface area contributed by atoms with Crippen LogP contribution in [0, 0.1) is 0 Å². The van der Waals surface area contributed by atoms with E-state index in [4.69, 9.17) is 0 Å². The first-order valence-corrected chi connectivity index (χ1v) is 6.02. The fraction of sp³-hybridized carbons (Fsp3) is 0.545. The largest absolute Gasteiger partial charge is 0.355 e. The van der Waals surface area contributed by atoms with Gasteiger partial charge in [-0.3, -0.25) is 4.79 Å². The van der Waals surface area contributed by atoms with Crippen molar-refractivity contribution in [2.45, 2.75) is 31.1 Å². The molecule has 1 N–H and O–H groups in total. The monoisotopic (exact) mass is 207 g/mol. The molecule has 3 heteroatoms. The Hall–Kier alpha value is -0.830. The molecule has 1 aliphatic carbocycles. The number of carbonyl (C=O) groups is 1. The summed E-state index contributed by atoms with van der Waals surface area (Å²) < 4.78 is 0. The molecular weight excluding hydrogens is 194 g/mol. The summed E-state index contributed by atoms with van der Waals surface area (Å²) in [6.45, 7) is 0.857. The van der Waals surface area contributed by atoms with Gasteiger partial charge in [0.15, 0.2) is 0 Å². The molecule has 0 saturated carbocycles. The van der Waals surface area contributed by atoms with Crippen molar-refractivity contribution in [3.8, 4) is 0 Å². The second-order valence-corrected chi connectivity index (χ2v) is 5.35. The highest BCUT2D eigenvalue weighted by Crippen LogP contribution is 2.43. The van der Waals surface area contributed by atoms with Gasteiger partial charge in [0, 0.05) is 23.3 Å². The predicted octanol–water partition coefficient (Wildman–Crippen LogP) is 1.84. The van der Waals surface area contributed by atoms with Gasteiger partial charge in [0.05, 0.1) is 0 Å². The Morgan fingerprint density at radius 1 is 1.50 bits per heavy atom. The molecule has 2 nitrogen and oxygen atoms in total. The fourth-order valence-corrected chi connectivity index (χ4v) is 3.84. The van der Waals surface area contributed by atoms with Gasteiger partial charge in [-0.05, 0) is 36.3 Å². The first kappa shape index (κ1) is 8.48. The molecule has 14 heavy (non-hydrogen) atoms. The number of thiophene rings is 1. The number of aryl methyl sites for hydroxylation is 1. The number of rotatable bonds is 0. The zero-order valence-electron chi connectivity index (χ0n) is 8.01. The van der Waals surface area contributed by atoms with Crippen molar-refractivity contribution in [2.24, 2.45) is 0 Å². The van der Waals surface area contributed by atoms with Gasteiger partial charge in [-0.25, -0.2) is 0 Å². The summed E-state index contributed by atoms with van der Waals surface area (Å²) in [5, 5.41) is 5.14. The van der Waals surface area contributed by atoms with Crippen molar-refractivity contribution >= 4 is 17.2 Å². The van der Waals surface area contributed by atoms with Gasteiger partial charge in [0.2, 0.25) is 5.91 Å². The molecule has 3 rings (SSSR count). The fourth-order valence-electron chi connectivity index (χ4n) is 2.80. The van der Waals surface area contributed by atoms with Crippen molar-refractivity contribution in [1.82, 2.24) is 5.32 Å². The van der Waals surface area contributed by atoms with Gasteiger partial charge < -0.3 is 5.32 Å². The highest BCUT2D eigenvalue weighted by Gasteiger charge is 2.42. The highest BCUT2D eigenvalue weighted by molar-refractivity contribution is 7.10. The van der Waals surface area contributed by atoms with Gasteiger partial charge in [-0.1, -0.05) is 0 Å².